The number of sulfonamides is 1. The van der Waals surface area contributed by atoms with Gasteiger partial charge in [-0.3, -0.25) is 0 Å². The zero-order chi connectivity index (χ0) is 15.6. The Morgan fingerprint density at radius 2 is 1.85 bits per heavy atom. The fourth-order valence-corrected chi connectivity index (χ4v) is 3.56. The molecule has 114 valence electrons. The smallest absolute Gasteiger partial charge is 0.240 e. The van der Waals surface area contributed by atoms with Gasteiger partial charge in [0.2, 0.25) is 10.0 Å². The zero-order valence-electron chi connectivity index (χ0n) is 11.7. The van der Waals surface area contributed by atoms with Crippen molar-refractivity contribution in [2.24, 2.45) is 5.41 Å². The summed E-state index contributed by atoms with van der Waals surface area (Å²) in [5, 5.41) is 9.56. The van der Waals surface area contributed by atoms with Crippen molar-refractivity contribution in [3.63, 3.8) is 0 Å². The van der Waals surface area contributed by atoms with Crippen LogP contribution in [-0.4, -0.2) is 26.2 Å². The maximum Gasteiger partial charge on any atom is 0.240 e. The van der Waals surface area contributed by atoms with Gasteiger partial charge in [-0.25, -0.2) is 13.1 Å². The van der Waals surface area contributed by atoms with Gasteiger partial charge in [-0.15, -0.1) is 0 Å². The summed E-state index contributed by atoms with van der Waals surface area (Å²) in [5.74, 6) is 0. The molecule has 0 aliphatic rings. The standard InChI is InChI=1S/C13H19Cl2NO3S/c1-13(2,3)12(6-7-17)16-20(18,19)9-4-5-10(14)11(15)8-9/h4-5,8,12,16-17H,6-7H2,1-3H3. The number of aliphatic hydroxyl groups is 1. The van der Waals surface area contributed by atoms with Gasteiger partial charge in [0.25, 0.3) is 0 Å². The topological polar surface area (TPSA) is 66.4 Å². The van der Waals surface area contributed by atoms with E-state index in [2.05, 4.69) is 4.72 Å². The molecule has 1 aromatic carbocycles. The van der Waals surface area contributed by atoms with Crippen LogP contribution in [0.4, 0.5) is 0 Å². The Morgan fingerprint density at radius 3 is 2.30 bits per heavy atom. The molecular formula is C13H19Cl2NO3S. The van der Waals surface area contributed by atoms with E-state index < -0.39 is 10.0 Å². The molecule has 0 spiro atoms. The van der Waals surface area contributed by atoms with E-state index in [4.69, 9.17) is 28.3 Å². The highest BCUT2D eigenvalue weighted by Crippen LogP contribution is 2.27. The van der Waals surface area contributed by atoms with E-state index in [0.29, 0.717) is 11.4 Å². The largest absolute Gasteiger partial charge is 0.396 e. The third-order valence-electron chi connectivity index (χ3n) is 2.96. The second-order valence-electron chi connectivity index (χ2n) is 5.63. The predicted molar refractivity (Wildman–Crippen MR) is 81.7 cm³/mol. The lowest BCUT2D eigenvalue weighted by atomic mass is 9.86. The number of hydrogen-bond donors (Lipinski definition) is 2. The van der Waals surface area contributed by atoms with E-state index in [9.17, 15) is 8.42 Å². The van der Waals surface area contributed by atoms with Crippen molar-refractivity contribution in [1.82, 2.24) is 4.72 Å². The number of halogens is 2. The lowest BCUT2D eigenvalue weighted by molar-refractivity contribution is 0.214. The Bertz CT molecular complexity index is 567. The molecule has 0 radical (unpaired) electrons. The normalized spacial score (nSPS) is 14.3. The SMILES string of the molecule is CC(C)(C)C(CCO)NS(=O)(=O)c1ccc(Cl)c(Cl)c1. The van der Waals surface area contributed by atoms with Gasteiger partial charge in [0.15, 0.2) is 0 Å². The molecule has 0 aromatic heterocycles. The minimum absolute atomic E-state index is 0.0547. The van der Waals surface area contributed by atoms with Crippen LogP contribution in [0.3, 0.4) is 0 Å². The molecule has 1 rings (SSSR count). The minimum Gasteiger partial charge on any atom is -0.396 e. The Kier molecular flexibility index (Phi) is 5.87. The minimum atomic E-state index is -3.71. The Labute approximate surface area is 130 Å². The van der Waals surface area contributed by atoms with Crippen molar-refractivity contribution >= 4 is 33.2 Å². The van der Waals surface area contributed by atoms with Gasteiger partial charge in [-0.2, -0.15) is 0 Å². The van der Waals surface area contributed by atoms with Crippen molar-refractivity contribution in [1.29, 1.82) is 0 Å². The highest BCUT2D eigenvalue weighted by atomic mass is 35.5. The van der Waals surface area contributed by atoms with Crippen LogP contribution in [0.15, 0.2) is 23.1 Å². The molecule has 1 atom stereocenters. The van der Waals surface area contributed by atoms with Crippen molar-refractivity contribution in [2.45, 2.75) is 38.1 Å². The van der Waals surface area contributed by atoms with Gasteiger partial charge in [-0.05, 0) is 30.0 Å². The number of hydrogen-bond acceptors (Lipinski definition) is 3. The average Bonchev–Trinajstić information content (AvgIpc) is 2.30. The molecular weight excluding hydrogens is 321 g/mol. The molecule has 1 aromatic rings. The first-order valence-corrected chi connectivity index (χ1v) is 8.40. The molecule has 4 nitrogen and oxygen atoms in total. The molecule has 0 saturated heterocycles. The maximum atomic E-state index is 12.3. The Hall–Kier alpha value is -0.330. The molecule has 0 aliphatic carbocycles. The molecule has 7 heteroatoms. The molecule has 0 heterocycles. The first-order valence-electron chi connectivity index (χ1n) is 6.16. The molecule has 0 fully saturated rings. The zero-order valence-corrected chi connectivity index (χ0v) is 14.0. The quantitative estimate of drug-likeness (QED) is 0.866. The summed E-state index contributed by atoms with van der Waals surface area (Å²) in [5.41, 5.74) is -0.313. The Balaban J connectivity index is 3.06. The van der Waals surface area contributed by atoms with E-state index in [-0.39, 0.29) is 28.0 Å². The lowest BCUT2D eigenvalue weighted by Gasteiger charge is -2.30. The van der Waals surface area contributed by atoms with Crippen LogP contribution in [0.25, 0.3) is 0 Å². The predicted octanol–water partition coefficient (Wildman–Crippen LogP) is 3.07. The summed E-state index contributed by atoms with van der Waals surface area (Å²) >= 11 is 11.6. The monoisotopic (exact) mass is 339 g/mol. The molecule has 2 N–H and O–H groups in total. The summed E-state index contributed by atoms with van der Waals surface area (Å²) in [4.78, 5) is 0.0547. The van der Waals surface area contributed by atoms with E-state index in [1.165, 1.54) is 18.2 Å². The highest BCUT2D eigenvalue weighted by Gasteiger charge is 2.29. The maximum absolute atomic E-state index is 12.3. The van der Waals surface area contributed by atoms with Gasteiger partial charge in [0.05, 0.1) is 14.9 Å². The van der Waals surface area contributed by atoms with Gasteiger partial charge in [-0.1, -0.05) is 44.0 Å². The fourth-order valence-electron chi connectivity index (χ4n) is 1.70. The van der Waals surface area contributed by atoms with Gasteiger partial charge < -0.3 is 5.11 Å². The van der Waals surface area contributed by atoms with Crippen molar-refractivity contribution in [3.8, 4) is 0 Å². The third-order valence-corrected chi connectivity index (χ3v) is 5.17. The van der Waals surface area contributed by atoms with E-state index >= 15 is 0 Å². The number of nitrogens with one attached hydrogen (secondary N) is 1. The second-order valence-corrected chi connectivity index (χ2v) is 8.16. The molecule has 0 amide bonds. The van der Waals surface area contributed by atoms with Crippen LogP contribution in [0.1, 0.15) is 27.2 Å². The second kappa shape index (κ2) is 6.62. The van der Waals surface area contributed by atoms with Gasteiger partial charge in [0, 0.05) is 12.6 Å². The summed E-state index contributed by atoms with van der Waals surface area (Å²) in [7, 11) is -3.71. The van der Waals surface area contributed by atoms with Gasteiger partial charge >= 0.3 is 0 Å². The fraction of sp³-hybridized carbons (Fsp3) is 0.538. The molecule has 20 heavy (non-hydrogen) atoms. The van der Waals surface area contributed by atoms with Crippen molar-refractivity contribution < 1.29 is 13.5 Å². The summed E-state index contributed by atoms with van der Waals surface area (Å²) in [6, 6.07) is 3.77. The van der Waals surface area contributed by atoms with Crippen LogP contribution < -0.4 is 4.72 Å². The summed E-state index contributed by atoms with van der Waals surface area (Å²) in [6.07, 6.45) is 0.337. The van der Waals surface area contributed by atoms with Gasteiger partial charge in [0.1, 0.15) is 0 Å². The Morgan fingerprint density at radius 1 is 1.25 bits per heavy atom. The van der Waals surface area contributed by atoms with Crippen molar-refractivity contribution in [3.05, 3.63) is 28.2 Å². The van der Waals surface area contributed by atoms with Crippen LogP contribution in [0.2, 0.25) is 10.0 Å². The number of aliphatic hydroxyl groups excluding tert-OH is 1. The first-order chi connectivity index (χ1) is 9.08. The average molecular weight is 340 g/mol. The van der Waals surface area contributed by atoms with Crippen molar-refractivity contribution in [2.75, 3.05) is 6.61 Å². The van der Waals surface area contributed by atoms with Crippen LogP contribution in [0.5, 0.6) is 0 Å². The lowest BCUT2D eigenvalue weighted by Crippen LogP contribution is -2.44. The first kappa shape index (κ1) is 17.7. The third kappa shape index (κ3) is 4.60. The van der Waals surface area contributed by atoms with Crippen LogP contribution in [-0.2, 0) is 10.0 Å². The number of rotatable bonds is 5. The summed E-state index contributed by atoms with van der Waals surface area (Å²) in [6.45, 7) is 5.63. The number of benzene rings is 1. The van der Waals surface area contributed by atoms with E-state index in [0.717, 1.165) is 0 Å². The van der Waals surface area contributed by atoms with E-state index in [1.807, 2.05) is 20.8 Å². The molecule has 1 unspecified atom stereocenters. The van der Waals surface area contributed by atoms with E-state index in [1.54, 1.807) is 0 Å². The summed E-state index contributed by atoms with van der Waals surface area (Å²) < 4.78 is 27.3. The highest BCUT2D eigenvalue weighted by molar-refractivity contribution is 7.89. The molecule has 0 saturated carbocycles. The van der Waals surface area contributed by atoms with Crippen LogP contribution >= 0.6 is 23.2 Å². The molecule has 0 bridgehead atoms. The van der Waals surface area contributed by atoms with Crippen LogP contribution in [0, 0.1) is 5.41 Å². The molecule has 0 aliphatic heterocycles.